The fraction of sp³-hybridized carbons (Fsp3) is 0.292. The molecule has 1 aromatic carbocycles. The van der Waals surface area contributed by atoms with Crippen LogP contribution in [0.2, 0.25) is 5.02 Å². The molecular weight excluding hydrogens is 464 g/mol. The van der Waals surface area contributed by atoms with Gasteiger partial charge in [0, 0.05) is 16.7 Å². The molecule has 0 amide bonds. The van der Waals surface area contributed by atoms with Crippen LogP contribution in [0.5, 0.6) is 5.75 Å². The van der Waals surface area contributed by atoms with Crippen molar-refractivity contribution in [3.63, 3.8) is 0 Å². The highest BCUT2D eigenvalue weighted by atomic mass is 35.5. The van der Waals surface area contributed by atoms with Gasteiger partial charge >= 0.3 is 5.97 Å². The number of allylic oxidation sites excluding steroid dienone is 1. The van der Waals surface area contributed by atoms with Crippen LogP contribution in [0.4, 0.5) is 0 Å². The Balaban J connectivity index is 2.06. The first-order valence-corrected chi connectivity index (χ1v) is 11.8. The minimum Gasteiger partial charge on any atom is -0.496 e. The largest absolute Gasteiger partial charge is 0.496 e. The highest BCUT2D eigenvalue weighted by Gasteiger charge is 2.36. The molecular formula is C24H23ClN2O5S. The highest BCUT2D eigenvalue weighted by molar-refractivity contribution is 7.07. The summed E-state index contributed by atoms with van der Waals surface area (Å²) >= 11 is 7.57. The summed E-state index contributed by atoms with van der Waals surface area (Å²) in [5.74, 6) is 0.539. The van der Waals surface area contributed by atoms with Crippen LogP contribution < -0.4 is 19.6 Å². The molecule has 0 N–H and O–H groups in total. The van der Waals surface area contributed by atoms with Gasteiger partial charge in [-0.25, -0.2) is 9.79 Å². The van der Waals surface area contributed by atoms with Gasteiger partial charge in [0.25, 0.3) is 5.56 Å². The van der Waals surface area contributed by atoms with E-state index in [2.05, 4.69) is 0 Å². The summed E-state index contributed by atoms with van der Waals surface area (Å²) in [4.78, 5) is 32.0. The summed E-state index contributed by atoms with van der Waals surface area (Å²) in [6.45, 7) is 3.95. The van der Waals surface area contributed by atoms with E-state index in [-0.39, 0.29) is 12.2 Å². The third kappa shape index (κ3) is 4.41. The van der Waals surface area contributed by atoms with Crippen LogP contribution in [-0.2, 0) is 9.53 Å². The summed E-state index contributed by atoms with van der Waals surface area (Å²) in [6.07, 6.45) is 4.53. The number of ether oxygens (including phenoxy) is 2. The van der Waals surface area contributed by atoms with Crippen LogP contribution in [0.25, 0.3) is 6.08 Å². The molecule has 0 aliphatic carbocycles. The lowest BCUT2D eigenvalue weighted by Crippen LogP contribution is -2.40. The normalized spacial score (nSPS) is 15.9. The molecule has 172 valence electrons. The molecule has 0 fully saturated rings. The zero-order valence-corrected chi connectivity index (χ0v) is 20.0. The van der Waals surface area contributed by atoms with Crippen LogP contribution in [0.1, 0.15) is 44.1 Å². The summed E-state index contributed by atoms with van der Waals surface area (Å²) in [7, 11) is 1.54. The second-order valence-electron chi connectivity index (χ2n) is 7.32. The summed E-state index contributed by atoms with van der Waals surface area (Å²) < 4.78 is 18.3. The Morgan fingerprint density at radius 1 is 1.33 bits per heavy atom. The number of benzene rings is 1. The van der Waals surface area contributed by atoms with Gasteiger partial charge in [-0.2, -0.15) is 0 Å². The molecule has 3 aromatic rings. The van der Waals surface area contributed by atoms with Crippen molar-refractivity contribution in [3.8, 4) is 5.75 Å². The van der Waals surface area contributed by atoms with E-state index in [9.17, 15) is 9.59 Å². The number of hydrogen-bond acceptors (Lipinski definition) is 7. The van der Waals surface area contributed by atoms with Crippen molar-refractivity contribution in [2.45, 2.75) is 32.7 Å². The topological polar surface area (TPSA) is 83.0 Å². The van der Waals surface area contributed by atoms with Crippen LogP contribution in [0.15, 0.2) is 62.1 Å². The van der Waals surface area contributed by atoms with Gasteiger partial charge in [-0.3, -0.25) is 9.36 Å². The maximum absolute atomic E-state index is 13.6. The maximum Gasteiger partial charge on any atom is 0.338 e. The molecule has 1 atom stereocenters. The van der Waals surface area contributed by atoms with E-state index < -0.39 is 12.0 Å². The molecule has 4 rings (SSSR count). The molecule has 1 aliphatic rings. The van der Waals surface area contributed by atoms with E-state index >= 15 is 0 Å². The summed E-state index contributed by atoms with van der Waals surface area (Å²) in [5.41, 5.74) is 1.20. The van der Waals surface area contributed by atoms with Crippen molar-refractivity contribution in [1.82, 2.24) is 4.57 Å². The van der Waals surface area contributed by atoms with Crippen LogP contribution >= 0.6 is 22.9 Å². The molecule has 2 aromatic heterocycles. The monoisotopic (exact) mass is 486 g/mol. The van der Waals surface area contributed by atoms with Crippen molar-refractivity contribution in [1.29, 1.82) is 0 Å². The quantitative estimate of drug-likeness (QED) is 0.474. The molecule has 33 heavy (non-hydrogen) atoms. The lowest BCUT2D eigenvalue weighted by Gasteiger charge is -2.27. The SMILES string of the molecule is CCCC1=C(C(=O)OCC)[C@H](c2cc(Cl)ccc2OC)n2c(s/c(=C/c3ccco3)c2=O)=N1. The van der Waals surface area contributed by atoms with E-state index in [0.29, 0.717) is 49.1 Å². The van der Waals surface area contributed by atoms with Gasteiger partial charge < -0.3 is 13.9 Å². The molecule has 3 heterocycles. The van der Waals surface area contributed by atoms with Crippen LogP contribution in [-0.4, -0.2) is 24.3 Å². The minimum absolute atomic E-state index is 0.198. The maximum atomic E-state index is 13.6. The van der Waals surface area contributed by atoms with Crippen molar-refractivity contribution < 1.29 is 18.7 Å². The number of nitrogens with zero attached hydrogens (tertiary/aromatic N) is 2. The molecule has 7 nitrogen and oxygen atoms in total. The van der Waals surface area contributed by atoms with E-state index in [1.165, 1.54) is 23.0 Å². The lowest BCUT2D eigenvalue weighted by atomic mass is 9.93. The third-order valence-corrected chi connectivity index (χ3v) is 6.41. The molecule has 1 aliphatic heterocycles. The Morgan fingerprint density at radius 3 is 2.82 bits per heavy atom. The van der Waals surface area contributed by atoms with Crippen molar-refractivity contribution in [2.75, 3.05) is 13.7 Å². The van der Waals surface area contributed by atoms with E-state index in [4.69, 9.17) is 30.5 Å². The number of furan rings is 1. The molecule has 0 spiro atoms. The van der Waals surface area contributed by atoms with Gasteiger partial charge in [-0.1, -0.05) is 36.3 Å². The van der Waals surface area contributed by atoms with E-state index in [0.717, 1.165) is 6.42 Å². The number of methoxy groups -OCH3 is 1. The number of hydrogen-bond donors (Lipinski definition) is 0. The van der Waals surface area contributed by atoms with Crippen molar-refractivity contribution >= 4 is 35.0 Å². The summed E-state index contributed by atoms with van der Waals surface area (Å²) in [6, 6.07) is 7.85. The first-order chi connectivity index (χ1) is 16.0. The summed E-state index contributed by atoms with van der Waals surface area (Å²) in [5, 5.41) is 0.459. The van der Waals surface area contributed by atoms with Gasteiger partial charge in [0.2, 0.25) is 0 Å². The number of rotatable bonds is 7. The fourth-order valence-corrected chi connectivity index (χ4v) is 5.02. The Kier molecular flexibility index (Phi) is 6.85. The average molecular weight is 487 g/mol. The highest BCUT2D eigenvalue weighted by Crippen LogP contribution is 2.38. The number of aromatic nitrogens is 1. The Bertz CT molecular complexity index is 1390. The molecule has 0 saturated heterocycles. The number of fused-ring (bicyclic) bond motifs is 1. The predicted molar refractivity (Wildman–Crippen MR) is 126 cm³/mol. The van der Waals surface area contributed by atoms with Gasteiger partial charge in [-0.15, -0.1) is 0 Å². The zero-order chi connectivity index (χ0) is 23.5. The third-order valence-electron chi connectivity index (χ3n) is 5.20. The van der Waals surface area contributed by atoms with Gasteiger partial charge in [0.15, 0.2) is 4.80 Å². The first-order valence-electron chi connectivity index (χ1n) is 10.6. The van der Waals surface area contributed by atoms with E-state index in [1.54, 1.807) is 49.6 Å². The predicted octanol–water partition coefficient (Wildman–Crippen LogP) is 3.83. The van der Waals surface area contributed by atoms with Gasteiger partial charge in [-0.05, 0) is 43.7 Å². The minimum atomic E-state index is -0.797. The zero-order valence-electron chi connectivity index (χ0n) is 18.5. The standard InChI is InChI=1S/C24H23ClN2O5S/c1-4-7-17-20(23(29)31-5-2)21(16-12-14(25)9-10-18(16)30-3)27-22(28)19(33-24(27)26-17)13-15-8-6-11-32-15/h6,8-13,21H,4-5,7H2,1-3H3/b19-13+/t21-/m0/s1. The second-order valence-corrected chi connectivity index (χ2v) is 8.76. The molecule has 0 bridgehead atoms. The molecule has 0 unspecified atom stereocenters. The number of halogens is 1. The molecule has 9 heteroatoms. The molecule has 0 saturated carbocycles. The van der Waals surface area contributed by atoms with Gasteiger partial charge in [0.05, 0.1) is 35.8 Å². The second kappa shape index (κ2) is 9.80. The number of thiazole rings is 1. The fourth-order valence-electron chi connectivity index (χ4n) is 3.84. The number of esters is 1. The van der Waals surface area contributed by atoms with Crippen molar-refractivity contribution in [2.24, 2.45) is 4.99 Å². The smallest absolute Gasteiger partial charge is 0.338 e. The Labute approximate surface area is 199 Å². The van der Waals surface area contributed by atoms with E-state index in [1.807, 2.05) is 6.92 Å². The number of carbonyl (C=O) groups is 1. The lowest BCUT2D eigenvalue weighted by molar-refractivity contribution is -0.139. The first kappa shape index (κ1) is 23.1. The van der Waals surface area contributed by atoms with Crippen LogP contribution in [0.3, 0.4) is 0 Å². The van der Waals surface area contributed by atoms with Gasteiger partial charge in [0.1, 0.15) is 17.6 Å². The Morgan fingerprint density at radius 2 is 2.15 bits per heavy atom. The Hall–Kier alpha value is -3.10. The van der Waals surface area contributed by atoms with Crippen molar-refractivity contribution in [3.05, 3.63) is 83.9 Å². The number of carbonyl (C=O) groups excluding carboxylic acids is 1. The van der Waals surface area contributed by atoms with Crippen LogP contribution in [0, 0.1) is 0 Å². The average Bonchev–Trinajstić information content (AvgIpc) is 3.41. The molecule has 0 radical (unpaired) electrons.